The standard InChI is InChI=1S/C29H22ClNO6/c1-34-27-14-21-19-9-3-7-13-25(19)37-26(21)15-23(27)31-28(32)17-36-29(33)20-10-4-6-12-24(20)35-16-18-8-2-5-11-22(18)30/h2-15H,16-17H2,1H3,(H,31,32). The van der Waals surface area contributed by atoms with E-state index in [4.69, 9.17) is 30.2 Å². The summed E-state index contributed by atoms with van der Waals surface area (Å²) in [5.41, 5.74) is 2.70. The second-order valence-electron chi connectivity index (χ2n) is 8.15. The van der Waals surface area contributed by atoms with E-state index in [2.05, 4.69) is 5.32 Å². The van der Waals surface area contributed by atoms with Crippen molar-refractivity contribution in [3.05, 3.63) is 101 Å². The van der Waals surface area contributed by atoms with E-state index in [9.17, 15) is 9.59 Å². The number of methoxy groups -OCH3 is 1. The predicted octanol–water partition coefficient (Wildman–Crippen LogP) is 6.62. The third kappa shape index (κ3) is 5.22. The van der Waals surface area contributed by atoms with Crippen LogP contribution in [0.5, 0.6) is 11.5 Å². The van der Waals surface area contributed by atoms with Gasteiger partial charge in [-0.3, -0.25) is 4.79 Å². The van der Waals surface area contributed by atoms with Crippen molar-refractivity contribution in [1.82, 2.24) is 0 Å². The maximum atomic E-state index is 12.8. The minimum Gasteiger partial charge on any atom is -0.495 e. The van der Waals surface area contributed by atoms with Crippen LogP contribution in [0.15, 0.2) is 89.3 Å². The van der Waals surface area contributed by atoms with Gasteiger partial charge in [0.1, 0.15) is 34.8 Å². The Kier molecular flexibility index (Phi) is 6.96. The fourth-order valence-electron chi connectivity index (χ4n) is 3.95. The lowest BCUT2D eigenvalue weighted by molar-refractivity contribution is -0.119. The summed E-state index contributed by atoms with van der Waals surface area (Å²) in [4.78, 5) is 25.4. The number of para-hydroxylation sites is 2. The van der Waals surface area contributed by atoms with Crippen molar-refractivity contribution in [1.29, 1.82) is 0 Å². The molecule has 1 heterocycles. The molecule has 1 N–H and O–H groups in total. The highest BCUT2D eigenvalue weighted by molar-refractivity contribution is 6.31. The first-order valence-electron chi connectivity index (χ1n) is 11.4. The number of carbonyl (C=O) groups is 2. The molecule has 0 radical (unpaired) electrons. The number of hydrogen-bond acceptors (Lipinski definition) is 6. The molecule has 37 heavy (non-hydrogen) atoms. The summed E-state index contributed by atoms with van der Waals surface area (Å²) in [6, 6.07) is 25.1. The Morgan fingerprint density at radius 1 is 0.865 bits per heavy atom. The molecule has 8 heteroatoms. The number of ether oxygens (including phenoxy) is 3. The molecule has 0 spiro atoms. The van der Waals surface area contributed by atoms with Gasteiger partial charge in [0.25, 0.3) is 5.91 Å². The number of esters is 1. The van der Waals surface area contributed by atoms with Gasteiger partial charge in [-0.25, -0.2) is 4.79 Å². The Balaban J connectivity index is 1.26. The van der Waals surface area contributed by atoms with Crippen molar-refractivity contribution in [3.63, 3.8) is 0 Å². The molecule has 0 atom stereocenters. The van der Waals surface area contributed by atoms with Crippen molar-refractivity contribution in [2.24, 2.45) is 0 Å². The Labute approximate surface area is 217 Å². The number of hydrogen-bond donors (Lipinski definition) is 1. The Morgan fingerprint density at radius 3 is 2.46 bits per heavy atom. The van der Waals surface area contributed by atoms with Crippen molar-refractivity contribution in [2.75, 3.05) is 19.0 Å². The quantitative estimate of drug-likeness (QED) is 0.234. The molecule has 0 saturated carbocycles. The number of anilines is 1. The van der Waals surface area contributed by atoms with Crippen LogP contribution in [0, 0.1) is 0 Å². The third-order valence-corrected chi connectivity index (χ3v) is 6.12. The van der Waals surface area contributed by atoms with E-state index in [0.29, 0.717) is 27.8 Å². The lowest BCUT2D eigenvalue weighted by atomic mass is 10.1. The van der Waals surface area contributed by atoms with Crippen LogP contribution >= 0.6 is 11.6 Å². The van der Waals surface area contributed by atoms with Crippen molar-refractivity contribution >= 4 is 51.1 Å². The van der Waals surface area contributed by atoms with Gasteiger partial charge in [0.2, 0.25) is 0 Å². The molecule has 0 fully saturated rings. The van der Waals surface area contributed by atoms with E-state index in [-0.39, 0.29) is 12.2 Å². The predicted molar refractivity (Wildman–Crippen MR) is 141 cm³/mol. The molecule has 0 aliphatic carbocycles. The van der Waals surface area contributed by atoms with E-state index in [1.54, 1.807) is 42.5 Å². The average molecular weight is 516 g/mol. The van der Waals surface area contributed by atoms with Crippen molar-refractivity contribution in [3.8, 4) is 11.5 Å². The minimum absolute atomic E-state index is 0.175. The second-order valence-corrected chi connectivity index (χ2v) is 8.55. The van der Waals surface area contributed by atoms with Crippen LogP contribution in [0.1, 0.15) is 15.9 Å². The first-order valence-corrected chi connectivity index (χ1v) is 11.8. The second kappa shape index (κ2) is 10.6. The van der Waals surface area contributed by atoms with E-state index >= 15 is 0 Å². The van der Waals surface area contributed by atoms with Gasteiger partial charge in [0.15, 0.2) is 6.61 Å². The van der Waals surface area contributed by atoms with E-state index in [1.807, 2.05) is 42.5 Å². The first-order chi connectivity index (χ1) is 18.0. The van der Waals surface area contributed by atoms with Crippen LogP contribution in [0.25, 0.3) is 21.9 Å². The summed E-state index contributed by atoms with van der Waals surface area (Å²) in [6.45, 7) is -0.326. The molecular formula is C29H22ClNO6. The number of nitrogens with one attached hydrogen (secondary N) is 1. The molecule has 1 amide bonds. The van der Waals surface area contributed by atoms with Gasteiger partial charge in [0, 0.05) is 27.4 Å². The molecule has 0 saturated heterocycles. The highest BCUT2D eigenvalue weighted by Crippen LogP contribution is 2.36. The normalized spacial score (nSPS) is 10.9. The molecule has 4 aromatic carbocycles. The largest absolute Gasteiger partial charge is 0.495 e. The van der Waals surface area contributed by atoms with E-state index in [0.717, 1.165) is 21.9 Å². The zero-order valence-electron chi connectivity index (χ0n) is 19.8. The lowest BCUT2D eigenvalue weighted by Gasteiger charge is -2.13. The molecule has 5 aromatic rings. The zero-order chi connectivity index (χ0) is 25.8. The Morgan fingerprint density at radius 2 is 1.62 bits per heavy atom. The topological polar surface area (TPSA) is 87.0 Å². The van der Waals surface area contributed by atoms with Crippen LogP contribution in [-0.4, -0.2) is 25.6 Å². The molecular weight excluding hydrogens is 494 g/mol. The monoisotopic (exact) mass is 515 g/mol. The maximum Gasteiger partial charge on any atom is 0.342 e. The molecule has 0 aliphatic heterocycles. The van der Waals surface area contributed by atoms with Crippen LogP contribution in [0.2, 0.25) is 5.02 Å². The molecule has 0 unspecified atom stereocenters. The first kappa shape index (κ1) is 24.2. The van der Waals surface area contributed by atoms with Crippen LogP contribution in [-0.2, 0) is 16.1 Å². The molecule has 0 bridgehead atoms. The zero-order valence-corrected chi connectivity index (χ0v) is 20.6. The van der Waals surface area contributed by atoms with Gasteiger partial charge in [-0.2, -0.15) is 0 Å². The van der Waals surface area contributed by atoms with Crippen LogP contribution in [0.4, 0.5) is 5.69 Å². The fourth-order valence-corrected chi connectivity index (χ4v) is 4.14. The number of furan rings is 1. The maximum absolute atomic E-state index is 12.8. The lowest BCUT2D eigenvalue weighted by Crippen LogP contribution is -2.21. The SMILES string of the molecule is COc1cc2c(cc1NC(=O)COC(=O)c1ccccc1OCc1ccccc1Cl)oc1ccccc12. The molecule has 186 valence electrons. The van der Waals surface area contributed by atoms with Gasteiger partial charge in [0.05, 0.1) is 12.8 Å². The number of halogens is 1. The smallest absolute Gasteiger partial charge is 0.342 e. The van der Waals surface area contributed by atoms with Gasteiger partial charge in [-0.05, 0) is 30.3 Å². The number of carbonyl (C=O) groups excluding carboxylic acids is 2. The van der Waals surface area contributed by atoms with Crippen LogP contribution < -0.4 is 14.8 Å². The number of benzene rings is 4. The summed E-state index contributed by atoms with van der Waals surface area (Å²) in [7, 11) is 1.51. The van der Waals surface area contributed by atoms with E-state index in [1.165, 1.54) is 7.11 Å². The van der Waals surface area contributed by atoms with E-state index < -0.39 is 18.5 Å². The summed E-state index contributed by atoms with van der Waals surface area (Å²) < 4.78 is 22.4. The Bertz CT molecular complexity index is 1610. The number of amides is 1. The van der Waals surface area contributed by atoms with Gasteiger partial charge < -0.3 is 23.9 Å². The fraction of sp³-hybridized carbons (Fsp3) is 0.103. The minimum atomic E-state index is -0.690. The van der Waals surface area contributed by atoms with Gasteiger partial charge in [-0.1, -0.05) is 60.1 Å². The van der Waals surface area contributed by atoms with Crippen molar-refractivity contribution in [2.45, 2.75) is 6.61 Å². The number of rotatable bonds is 8. The Hall–Kier alpha value is -4.49. The third-order valence-electron chi connectivity index (χ3n) is 5.76. The molecule has 0 aliphatic rings. The highest BCUT2D eigenvalue weighted by Gasteiger charge is 2.18. The molecule has 7 nitrogen and oxygen atoms in total. The average Bonchev–Trinajstić information content (AvgIpc) is 3.28. The highest BCUT2D eigenvalue weighted by atomic mass is 35.5. The van der Waals surface area contributed by atoms with Crippen LogP contribution in [0.3, 0.4) is 0 Å². The molecule has 1 aromatic heterocycles. The van der Waals surface area contributed by atoms with Gasteiger partial charge >= 0.3 is 5.97 Å². The summed E-state index contributed by atoms with van der Waals surface area (Å²) in [5, 5.41) is 5.10. The summed E-state index contributed by atoms with van der Waals surface area (Å²) in [5.74, 6) is -0.442. The number of fused-ring (bicyclic) bond motifs is 3. The van der Waals surface area contributed by atoms with Gasteiger partial charge in [-0.15, -0.1) is 0 Å². The summed E-state index contributed by atoms with van der Waals surface area (Å²) >= 11 is 6.19. The van der Waals surface area contributed by atoms with Crippen molar-refractivity contribution < 1.29 is 28.2 Å². The molecule has 5 rings (SSSR count). The summed E-state index contributed by atoms with van der Waals surface area (Å²) in [6.07, 6.45) is 0.